The Morgan fingerprint density at radius 1 is 1.53 bits per heavy atom. The summed E-state index contributed by atoms with van der Waals surface area (Å²) in [4.78, 5) is 13.4. The Kier molecular flexibility index (Phi) is 3.56. The van der Waals surface area contributed by atoms with E-state index < -0.39 is 0 Å². The van der Waals surface area contributed by atoms with Gasteiger partial charge in [0, 0.05) is 32.2 Å². The lowest BCUT2D eigenvalue weighted by Crippen LogP contribution is -2.50. The summed E-state index contributed by atoms with van der Waals surface area (Å²) in [5.74, 6) is 0.567. The van der Waals surface area contributed by atoms with Crippen molar-refractivity contribution in [3.8, 4) is 0 Å². The van der Waals surface area contributed by atoms with Crippen molar-refractivity contribution in [2.24, 2.45) is 11.7 Å². The molecule has 2 saturated heterocycles. The van der Waals surface area contributed by atoms with E-state index in [2.05, 4.69) is 0 Å². The van der Waals surface area contributed by atoms with Gasteiger partial charge in [0.15, 0.2) is 0 Å². The van der Waals surface area contributed by atoms with Crippen molar-refractivity contribution >= 4 is 5.91 Å². The zero-order valence-corrected chi connectivity index (χ0v) is 8.85. The van der Waals surface area contributed by atoms with Gasteiger partial charge in [-0.25, -0.2) is 0 Å². The summed E-state index contributed by atoms with van der Waals surface area (Å²) in [5.41, 5.74) is 5.53. The van der Waals surface area contributed by atoms with Crippen LogP contribution in [-0.4, -0.2) is 56.4 Å². The van der Waals surface area contributed by atoms with Crippen LogP contribution in [0.5, 0.6) is 0 Å². The third-order valence-electron chi connectivity index (χ3n) is 2.98. The fraction of sp³-hybridized carbons (Fsp3) is 0.900. The van der Waals surface area contributed by atoms with Gasteiger partial charge >= 0.3 is 0 Å². The minimum absolute atomic E-state index is 0.00465. The Labute approximate surface area is 89.5 Å². The molecule has 0 aliphatic carbocycles. The fourth-order valence-corrected chi connectivity index (χ4v) is 2.04. The van der Waals surface area contributed by atoms with Crippen molar-refractivity contribution in [2.45, 2.75) is 12.5 Å². The van der Waals surface area contributed by atoms with Crippen LogP contribution in [-0.2, 0) is 14.3 Å². The van der Waals surface area contributed by atoms with Gasteiger partial charge in [-0.2, -0.15) is 0 Å². The number of ether oxygens (including phenoxy) is 2. The molecule has 0 bridgehead atoms. The van der Waals surface area contributed by atoms with Crippen molar-refractivity contribution in [1.29, 1.82) is 0 Å². The SMILES string of the molecule is NCC1CN(CC2CCOC2)C(=O)CO1. The molecule has 0 aromatic heterocycles. The van der Waals surface area contributed by atoms with Gasteiger partial charge in [-0.3, -0.25) is 4.79 Å². The molecule has 2 rings (SSSR count). The van der Waals surface area contributed by atoms with E-state index in [0.29, 0.717) is 19.0 Å². The Morgan fingerprint density at radius 2 is 2.40 bits per heavy atom. The molecule has 0 aromatic rings. The maximum Gasteiger partial charge on any atom is 0.248 e. The smallest absolute Gasteiger partial charge is 0.248 e. The predicted octanol–water partition coefficient (Wildman–Crippen LogP) is -0.791. The molecule has 2 heterocycles. The highest BCUT2D eigenvalue weighted by atomic mass is 16.5. The second-order valence-corrected chi connectivity index (χ2v) is 4.20. The summed E-state index contributed by atoms with van der Waals surface area (Å²) < 4.78 is 10.6. The number of nitrogens with zero attached hydrogens (tertiary/aromatic N) is 1. The molecular weight excluding hydrogens is 196 g/mol. The minimum Gasteiger partial charge on any atom is -0.381 e. The first-order chi connectivity index (χ1) is 7.29. The first-order valence-corrected chi connectivity index (χ1v) is 5.46. The van der Waals surface area contributed by atoms with E-state index in [0.717, 1.165) is 26.2 Å². The second kappa shape index (κ2) is 4.92. The van der Waals surface area contributed by atoms with Crippen LogP contribution in [0.1, 0.15) is 6.42 Å². The third kappa shape index (κ3) is 2.68. The maximum absolute atomic E-state index is 11.6. The van der Waals surface area contributed by atoms with Gasteiger partial charge in [0.25, 0.3) is 0 Å². The average molecular weight is 214 g/mol. The van der Waals surface area contributed by atoms with Crippen molar-refractivity contribution in [1.82, 2.24) is 4.90 Å². The van der Waals surface area contributed by atoms with Gasteiger partial charge in [-0.1, -0.05) is 0 Å². The van der Waals surface area contributed by atoms with Crippen LogP contribution in [0.4, 0.5) is 0 Å². The summed E-state index contributed by atoms with van der Waals surface area (Å²) >= 11 is 0. The van der Waals surface area contributed by atoms with E-state index in [1.807, 2.05) is 4.90 Å². The third-order valence-corrected chi connectivity index (χ3v) is 2.98. The van der Waals surface area contributed by atoms with Gasteiger partial charge < -0.3 is 20.1 Å². The molecule has 2 unspecified atom stereocenters. The molecule has 1 amide bonds. The number of amides is 1. The summed E-state index contributed by atoms with van der Waals surface area (Å²) in [5, 5.41) is 0. The van der Waals surface area contributed by atoms with Crippen LogP contribution in [0.2, 0.25) is 0 Å². The molecule has 0 saturated carbocycles. The van der Waals surface area contributed by atoms with E-state index >= 15 is 0 Å². The van der Waals surface area contributed by atoms with Crippen molar-refractivity contribution in [2.75, 3.05) is 39.5 Å². The number of carbonyl (C=O) groups excluding carboxylic acids is 1. The lowest BCUT2D eigenvalue weighted by Gasteiger charge is -2.33. The van der Waals surface area contributed by atoms with Crippen LogP contribution in [0, 0.1) is 5.92 Å². The summed E-state index contributed by atoms with van der Waals surface area (Å²) in [6.45, 7) is 3.67. The molecule has 0 spiro atoms. The normalized spacial score (nSPS) is 32.3. The first-order valence-electron chi connectivity index (χ1n) is 5.46. The zero-order valence-electron chi connectivity index (χ0n) is 8.85. The molecule has 5 nitrogen and oxygen atoms in total. The number of hydrogen-bond donors (Lipinski definition) is 1. The van der Waals surface area contributed by atoms with Crippen LogP contribution in [0.3, 0.4) is 0 Å². The molecular formula is C10H18N2O3. The standard InChI is InChI=1S/C10H18N2O3/c11-3-9-5-12(10(13)7-15-9)4-8-1-2-14-6-8/h8-9H,1-7,11H2. The average Bonchev–Trinajstić information content (AvgIpc) is 2.74. The van der Waals surface area contributed by atoms with E-state index in [-0.39, 0.29) is 18.6 Å². The van der Waals surface area contributed by atoms with Gasteiger partial charge in [0.1, 0.15) is 6.61 Å². The highest BCUT2D eigenvalue weighted by Gasteiger charge is 2.28. The van der Waals surface area contributed by atoms with E-state index in [9.17, 15) is 4.79 Å². The summed E-state index contributed by atoms with van der Waals surface area (Å²) in [7, 11) is 0. The second-order valence-electron chi connectivity index (χ2n) is 4.20. The topological polar surface area (TPSA) is 64.8 Å². The van der Waals surface area contributed by atoms with Gasteiger partial charge in [0.2, 0.25) is 5.91 Å². The monoisotopic (exact) mass is 214 g/mol. The number of carbonyl (C=O) groups is 1. The molecule has 0 aromatic carbocycles. The largest absolute Gasteiger partial charge is 0.381 e. The quantitative estimate of drug-likeness (QED) is 0.668. The molecule has 2 aliphatic heterocycles. The van der Waals surface area contributed by atoms with Crippen LogP contribution < -0.4 is 5.73 Å². The Balaban J connectivity index is 1.85. The molecule has 2 N–H and O–H groups in total. The van der Waals surface area contributed by atoms with Gasteiger partial charge in [-0.15, -0.1) is 0 Å². The molecule has 86 valence electrons. The molecule has 2 fully saturated rings. The number of hydrogen-bond acceptors (Lipinski definition) is 4. The summed E-state index contributed by atoms with van der Waals surface area (Å²) in [6, 6.07) is 0. The van der Waals surface area contributed by atoms with Gasteiger partial charge in [-0.05, 0) is 6.42 Å². The minimum atomic E-state index is 0.00465. The Bertz CT molecular complexity index is 229. The maximum atomic E-state index is 11.6. The van der Waals surface area contributed by atoms with Crippen LogP contribution in [0.25, 0.3) is 0 Å². The number of morpholine rings is 1. The van der Waals surface area contributed by atoms with Crippen LogP contribution in [0.15, 0.2) is 0 Å². The Morgan fingerprint density at radius 3 is 3.07 bits per heavy atom. The predicted molar refractivity (Wildman–Crippen MR) is 54.3 cm³/mol. The molecule has 2 aliphatic rings. The van der Waals surface area contributed by atoms with E-state index in [1.165, 1.54) is 0 Å². The highest BCUT2D eigenvalue weighted by molar-refractivity contribution is 5.78. The lowest BCUT2D eigenvalue weighted by atomic mass is 10.1. The zero-order chi connectivity index (χ0) is 10.7. The first kappa shape index (κ1) is 10.9. The molecule has 2 atom stereocenters. The molecule has 0 radical (unpaired) electrons. The van der Waals surface area contributed by atoms with Gasteiger partial charge in [0.05, 0.1) is 12.7 Å². The number of nitrogens with two attached hydrogens (primary N) is 1. The number of rotatable bonds is 3. The summed E-state index contributed by atoms with van der Waals surface area (Å²) in [6.07, 6.45) is 1.06. The fourth-order valence-electron chi connectivity index (χ4n) is 2.04. The van der Waals surface area contributed by atoms with E-state index in [1.54, 1.807) is 0 Å². The molecule has 15 heavy (non-hydrogen) atoms. The highest BCUT2D eigenvalue weighted by Crippen LogP contribution is 2.16. The van der Waals surface area contributed by atoms with Crippen LogP contribution >= 0.6 is 0 Å². The van der Waals surface area contributed by atoms with Crippen molar-refractivity contribution < 1.29 is 14.3 Å². The molecule has 5 heteroatoms. The van der Waals surface area contributed by atoms with Crippen molar-refractivity contribution in [3.63, 3.8) is 0 Å². The Hall–Kier alpha value is -0.650. The van der Waals surface area contributed by atoms with Crippen molar-refractivity contribution in [3.05, 3.63) is 0 Å². The van der Waals surface area contributed by atoms with E-state index in [4.69, 9.17) is 15.2 Å². The lowest BCUT2D eigenvalue weighted by molar-refractivity contribution is -0.149.